The first kappa shape index (κ1) is 18.4. The maximum atomic E-state index is 14.1. The second-order valence-corrected chi connectivity index (χ2v) is 5.81. The van der Waals surface area contributed by atoms with Crippen molar-refractivity contribution < 1.29 is 23.5 Å². The van der Waals surface area contributed by atoms with Crippen molar-refractivity contribution >= 4 is 11.9 Å². The molecule has 0 fully saturated rings. The lowest BCUT2D eigenvalue weighted by Crippen LogP contribution is -2.43. The summed E-state index contributed by atoms with van der Waals surface area (Å²) in [6, 6.07) is 4.91. The van der Waals surface area contributed by atoms with Crippen LogP contribution in [0.25, 0.3) is 0 Å². The molecule has 0 saturated carbocycles. The maximum absolute atomic E-state index is 14.1. The van der Waals surface area contributed by atoms with Crippen LogP contribution < -0.4 is 5.32 Å². The Bertz CT molecular complexity index is 605. The van der Waals surface area contributed by atoms with Gasteiger partial charge in [-0.1, -0.05) is 12.1 Å². The van der Waals surface area contributed by atoms with E-state index < -0.39 is 5.54 Å². The van der Waals surface area contributed by atoms with E-state index in [-0.39, 0.29) is 30.6 Å². The highest BCUT2D eigenvalue weighted by molar-refractivity contribution is 5.72. The fraction of sp³-hybridized carbons (Fsp3) is 0.556. The van der Waals surface area contributed by atoms with Crippen LogP contribution in [-0.4, -0.2) is 31.7 Å². The number of fused-ring (bicyclic) bond motifs is 1. The van der Waals surface area contributed by atoms with E-state index in [9.17, 15) is 14.0 Å². The molecule has 0 heterocycles. The van der Waals surface area contributed by atoms with E-state index in [1.165, 1.54) is 6.07 Å². The first-order chi connectivity index (χ1) is 11.5. The minimum atomic E-state index is -0.698. The second kappa shape index (κ2) is 8.24. The van der Waals surface area contributed by atoms with Crippen molar-refractivity contribution in [3.8, 4) is 0 Å². The fourth-order valence-electron chi connectivity index (χ4n) is 3.26. The monoisotopic (exact) mass is 337 g/mol. The Labute approximate surface area is 141 Å². The van der Waals surface area contributed by atoms with Crippen molar-refractivity contribution in [1.82, 2.24) is 5.32 Å². The van der Waals surface area contributed by atoms with Gasteiger partial charge in [-0.05, 0) is 43.9 Å². The molecule has 5 nitrogen and oxygen atoms in total. The lowest BCUT2D eigenvalue weighted by molar-refractivity contribution is -0.145. The minimum Gasteiger partial charge on any atom is -0.466 e. The maximum Gasteiger partial charge on any atom is 0.308 e. The molecule has 2 rings (SSSR count). The predicted molar refractivity (Wildman–Crippen MR) is 86.9 cm³/mol. The number of halogens is 1. The summed E-state index contributed by atoms with van der Waals surface area (Å²) in [5, 5.41) is 3.29. The van der Waals surface area contributed by atoms with E-state index >= 15 is 0 Å². The molecule has 0 spiro atoms. The lowest BCUT2D eigenvalue weighted by atomic mass is 9.88. The number of nitrogens with one attached hydrogen (secondary N) is 1. The highest BCUT2D eigenvalue weighted by Gasteiger charge is 2.41. The minimum absolute atomic E-state index is 0.111. The number of carbonyl (C=O) groups is 2. The summed E-state index contributed by atoms with van der Waals surface area (Å²) < 4.78 is 24.0. The number of esters is 2. The number of carbonyl (C=O) groups excluding carboxylic acids is 2. The van der Waals surface area contributed by atoms with Gasteiger partial charge in [-0.15, -0.1) is 0 Å². The number of hydrogen-bond donors (Lipinski definition) is 1. The van der Waals surface area contributed by atoms with E-state index in [4.69, 9.17) is 9.47 Å². The number of benzene rings is 1. The first-order valence-corrected chi connectivity index (χ1v) is 8.36. The summed E-state index contributed by atoms with van der Waals surface area (Å²) in [4.78, 5) is 23.6. The van der Waals surface area contributed by atoms with Gasteiger partial charge in [0.15, 0.2) is 0 Å². The van der Waals surface area contributed by atoms with Gasteiger partial charge in [0.1, 0.15) is 5.82 Å². The Morgan fingerprint density at radius 2 is 1.92 bits per heavy atom. The zero-order chi connectivity index (χ0) is 17.6. The number of ether oxygens (including phenoxy) is 2. The smallest absolute Gasteiger partial charge is 0.308 e. The van der Waals surface area contributed by atoms with Crippen molar-refractivity contribution in [1.29, 1.82) is 0 Å². The lowest BCUT2D eigenvalue weighted by Gasteiger charge is -2.31. The zero-order valence-corrected chi connectivity index (χ0v) is 14.2. The molecule has 1 aliphatic carbocycles. The molecular formula is C18H24FNO4. The summed E-state index contributed by atoms with van der Waals surface area (Å²) in [6.07, 6.45) is 1.45. The Hall–Kier alpha value is -1.95. The molecule has 1 atom stereocenters. The molecule has 0 saturated heterocycles. The van der Waals surface area contributed by atoms with Gasteiger partial charge in [0.25, 0.3) is 0 Å². The molecule has 0 aromatic heterocycles. The Kier molecular flexibility index (Phi) is 6.31. The van der Waals surface area contributed by atoms with Crippen LogP contribution in [0.3, 0.4) is 0 Å². The van der Waals surface area contributed by atoms with E-state index in [1.807, 2.05) is 6.07 Å². The molecule has 6 heteroatoms. The van der Waals surface area contributed by atoms with Crippen LogP contribution >= 0.6 is 0 Å². The standard InChI is InChI=1S/C18H24FNO4/c1-3-23-16(21)9-11-20-18(12-17(22)24-4-2)10-8-13-14(18)6-5-7-15(13)19/h5-7,20H,3-4,8-12H2,1-2H3. The molecule has 0 radical (unpaired) electrons. The van der Waals surface area contributed by atoms with Crippen LogP contribution in [0.4, 0.5) is 4.39 Å². The highest BCUT2D eigenvalue weighted by Crippen LogP contribution is 2.40. The van der Waals surface area contributed by atoms with Crippen molar-refractivity contribution in [2.75, 3.05) is 19.8 Å². The van der Waals surface area contributed by atoms with Crippen LogP contribution in [-0.2, 0) is 31.0 Å². The molecule has 0 bridgehead atoms. The molecular weight excluding hydrogens is 313 g/mol. The molecule has 1 aliphatic rings. The van der Waals surface area contributed by atoms with E-state index in [2.05, 4.69) is 5.32 Å². The van der Waals surface area contributed by atoms with Crippen LogP contribution in [0.15, 0.2) is 18.2 Å². The summed E-state index contributed by atoms with van der Waals surface area (Å²) in [5.74, 6) is -0.891. The third-order valence-electron chi connectivity index (χ3n) is 4.29. The molecule has 0 amide bonds. The van der Waals surface area contributed by atoms with Gasteiger partial charge in [0, 0.05) is 6.54 Å². The average Bonchev–Trinajstić information content (AvgIpc) is 2.88. The van der Waals surface area contributed by atoms with E-state index in [0.29, 0.717) is 38.2 Å². The number of hydrogen-bond acceptors (Lipinski definition) is 5. The van der Waals surface area contributed by atoms with Gasteiger partial charge in [-0.2, -0.15) is 0 Å². The van der Waals surface area contributed by atoms with Gasteiger partial charge >= 0.3 is 11.9 Å². The summed E-state index contributed by atoms with van der Waals surface area (Å²) >= 11 is 0. The van der Waals surface area contributed by atoms with E-state index in [1.54, 1.807) is 19.9 Å². The zero-order valence-electron chi connectivity index (χ0n) is 14.2. The third-order valence-corrected chi connectivity index (χ3v) is 4.29. The van der Waals surface area contributed by atoms with Crippen molar-refractivity contribution in [2.24, 2.45) is 0 Å². The molecule has 1 unspecified atom stereocenters. The van der Waals surface area contributed by atoms with Crippen LogP contribution in [0.2, 0.25) is 0 Å². The highest BCUT2D eigenvalue weighted by atomic mass is 19.1. The Morgan fingerprint density at radius 3 is 2.62 bits per heavy atom. The largest absolute Gasteiger partial charge is 0.466 e. The molecule has 1 aromatic carbocycles. The van der Waals surface area contributed by atoms with Crippen LogP contribution in [0.1, 0.15) is 44.2 Å². The van der Waals surface area contributed by atoms with Gasteiger partial charge in [0.05, 0.1) is 31.6 Å². The van der Waals surface area contributed by atoms with Crippen LogP contribution in [0.5, 0.6) is 0 Å². The summed E-state index contributed by atoms with van der Waals surface area (Å²) in [6.45, 7) is 4.49. The second-order valence-electron chi connectivity index (χ2n) is 5.81. The molecule has 132 valence electrons. The Balaban J connectivity index is 2.17. The van der Waals surface area contributed by atoms with E-state index in [0.717, 1.165) is 5.56 Å². The fourth-order valence-corrected chi connectivity index (χ4v) is 3.26. The first-order valence-electron chi connectivity index (χ1n) is 8.36. The van der Waals surface area contributed by atoms with Gasteiger partial charge < -0.3 is 14.8 Å². The normalized spacial score (nSPS) is 19.0. The topological polar surface area (TPSA) is 64.6 Å². The van der Waals surface area contributed by atoms with Gasteiger partial charge in [-0.25, -0.2) is 4.39 Å². The average molecular weight is 337 g/mol. The summed E-state index contributed by atoms with van der Waals surface area (Å²) in [7, 11) is 0. The summed E-state index contributed by atoms with van der Waals surface area (Å²) in [5.41, 5.74) is 0.709. The molecule has 24 heavy (non-hydrogen) atoms. The van der Waals surface area contributed by atoms with Crippen molar-refractivity contribution in [3.05, 3.63) is 35.1 Å². The Morgan fingerprint density at radius 1 is 1.21 bits per heavy atom. The van der Waals surface area contributed by atoms with Crippen molar-refractivity contribution in [3.63, 3.8) is 0 Å². The SMILES string of the molecule is CCOC(=O)CCNC1(CC(=O)OCC)CCc2c(F)cccc21. The van der Waals surface area contributed by atoms with Gasteiger partial charge in [-0.3, -0.25) is 9.59 Å². The van der Waals surface area contributed by atoms with Gasteiger partial charge in [0.2, 0.25) is 0 Å². The third kappa shape index (κ3) is 4.12. The molecule has 1 N–H and O–H groups in total. The van der Waals surface area contributed by atoms with Crippen LogP contribution in [0, 0.1) is 5.82 Å². The molecule has 1 aromatic rings. The molecule has 0 aliphatic heterocycles. The predicted octanol–water partition coefficient (Wildman–Crippen LogP) is 2.46. The van der Waals surface area contributed by atoms with Crippen molar-refractivity contribution in [2.45, 2.75) is 45.1 Å². The quantitative estimate of drug-likeness (QED) is 0.738. The number of rotatable bonds is 8.